The minimum Gasteiger partial charge on any atom is -0.456 e. The number of ether oxygens (including phenoxy) is 1. The lowest BCUT2D eigenvalue weighted by atomic mass is 10.2. The Balaban J connectivity index is 1.42. The number of pyridine rings is 1. The van der Waals surface area contributed by atoms with E-state index in [1.54, 1.807) is 60.7 Å². The van der Waals surface area contributed by atoms with Crippen LogP contribution in [0.4, 0.5) is 29.3 Å². The third-order valence-corrected chi connectivity index (χ3v) is 5.40. The van der Waals surface area contributed by atoms with Crippen molar-refractivity contribution in [2.45, 2.75) is 6.18 Å². The van der Waals surface area contributed by atoms with Crippen LogP contribution in [-0.4, -0.2) is 20.8 Å². The van der Waals surface area contributed by atoms with Gasteiger partial charge in [-0.25, -0.2) is 4.79 Å². The zero-order valence-electron chi connectivity index (χ0n) is 17.9. The monoisotopic (exact) mass is 521 g/mol. The van der Waals surface area contributed by atoms with Crippen molar-refractivity contribution in [3.05, 3.63) is 82.7 Å². The molecule has 0 radical (unpaired) electrons. The minimum atomic E-state index is -4.64. The van der Waals surface area contributed by atoms with E-state index in [0.717, 1.165) is 17.7 Å². The number of amides is 2. The number of alkyl halides is 3. The van der Waals surface area contributed by atoms with E-state index in [0.29, 0.717) is 27.9 Å². The molecule has 0 fully saturated rings. The highest BCUT2D eigenvalue weighted by atomic mass is 35.5. The van der Waals surface area contributed by atoms with Crippen LogP contribution < -0.4 is 15.4 Å². The standard InChI is InChI=1S/C23H16Cl2F3N5O2/c1-33-12-13(11-30-33)21-20(25)19(8-9-29-21)35-16-5-2-14(3-6-16)31-22(34)32-15-4-7-18(24)17(10-15)23(26,27)28/h2-12H,1H3,(H2,31,32,34). The summed E-state index contributed by atoms with van der Waals surface area (Å²) >= 11 is 12.1. The highest BCUT2D eigenvalue weighted by molar-refractivity contribution is 6.34. The number of urea groups is 1. The number of carbonyl (C=O) groups is 1. The third-order valence-electron chi connectivity index (χ3n) is 4.70. The molecule has 4 aromatic rings. The van der Waals surface area contributed by atoms with Crippen LogP contribution in [0, 0.1) is 0 Å². The van der Waals surface area contributed by atoms with Crippen LogP contribution in [0.1, 0.15) is 5.56 Å². The quantitative estimate of drug-likeness (QED) is 0.290. The molecular weight excluding hydrogens is 506 g/mol. The summed E-state index contributed by atoms with van der Waals surface area (Å²) in [7, 11) is 1.78. The van der Waals surface area contributed by atoms with Crippen LogP contribution in [0.25, 0.3) is 11.3 Å². The summed E-state index contributed by atoms with van der Waals surface area (Å²) in [5.74, 6) is 0.816. The van der Waals surface area contributed by atoms with Gasteiger partial charge in [-0.2, -0.15) is 18.3 Å². The Kier molecular flexibility index (Phi) is 6.86. The SMILES string of the molecule is Cn1cc(-c2nccc(Oc3ccc(NC(=O)Nc4ccc(Cl)c(C(F)(F)F)c4)cc3)c2Cl)cn1. The Morgan fingerprint density at radius 1 is 1.03 bits per heavy atom. The lowest BCUT2D eigenvalue weighted by Gasteiger charge is -2.13. The fourth-order valence-electron chi connectivity index (χ4n) is 3.10. The molecule has 0 aliphatic rings. The average molecular weight is 522 g/mol. The van der Waals surface area contributed by atoms with Gasteiger partial charge >= 0.3 is 12.2 Å². The summed E-state index contributed by atoms with van der Waals surface area (Å²) in [6.07, 6.45) is 0.331. The van der Waals surface area contributed by atoms with Crippen LogP contribution >= 0.6 is 23.2 Å². The smallest absolute Gasteiger partial charge is 0.417 e. The largest absolute Gasteiger partial charge is 0.456 e. The number of carbonyl (C=O) groups excluding carboxylic acids is 1. The van der Waals surface area contributed by atoms with Crippen molar-refractivity contribution in [2.24, 2.45) is 7.05 Å². The first-order valence-electron chi connectivity index (χ1n) is 9.96. The number of nitrogens with one attached hydrogen (secondary N) is 2. The summed E-state index contributed by atoms with van der Waals surface area (Å²) in [6.45, 7) is 0. The van der Waals surface area contributed by atoms with Gasteiger partial charge in [0, 0.05) is 42.4 Å². The van der Waals surface area contributed by atoms with Gasteiger partial charge in [-0.15, -0.1) is 0 Å². The third kappa shape index (κ3) is 5.84. The van der Waals surface area contributed by atoms with E-state index in [4.69, 9.17) is 27.9 Å². The summed E-state index contributed by atoms with van der Waals surface area (Å²) in [5.41, 5.74) is 0.534. The van der Waals surface area contributed by atoms with Gasteiger partial charge in [-0.3, -0.25) is 9.67 Å². The van der Waals surface area contributed by atoms with Crippen LogP contribution in [0.2, 0.25) is 10.0 Å². The molecule has 0 aliphatic heterocycles. The maximum atomic E-state index is 13.0. The molecular formula is C23H16Cl2F3N5O2. The molecule has 2 heterocycles. The average Bonchev–Trinajstić information content (AvgIpc) is 3.23. The first-order chi connectivity index (χ1) is 16.6. The lowest BCUT2D eigenvalue weighted by Crippen LogP contribution is -2.19. The van der Waals surface area contributed by atoms with Gasteiger partial charge in [-0.05, 0) is 42.5 Å². The molecule has 2 aromatic carbocycles. The Labute approximate surface area is 207 Å². The fourth-order valence-corrected chi connectivity index (χ4v) is 3.58. The van der Waals surface area contributed by atoms with Gasteiger partial charge < -0.3 is 15.4 Å². The number of aromatic nitrogens is 3. The van der Waals surface area contributed by atoms with E-state index in [1.165, 1.54) is 6.07 Å². The molecule has 0 unspecified atom stereocenters. The number of aryl methyl sites for hydroxylation is 1. The molecule has 7 nitrogen and oxygen atoms in total. The van der Waals surface area contributed by atoms with Crippen molar-refractivity contribution in [3.63, 3.8) is 0 Å². The second-order valence-corrected chi connectivity index (χ2v) is 8.06. The normalized spacial score (nSPS) is 11.3. The summed E-state index contributed by atoms with van der Waals surface area (Å²) in [6, 6.07) is 10.3. The van der Waals surface area contributed by atoms with E-state index >= 15 is 0 Å². The summed E-state index contributed by atoms with van der Waals surface area (Å²) in [4.78, 5) is 16.5. The first-order valence-corrected chi connectivity index (χ1v) is 10.7. The number of benzene rings is 2. The summed E-state index contributed by atoms with van der Waals surface area (Å²) in [5, 5.41) is 8.84. The number of nitrogens with zero attached hydrogens (tertiary/aromatic N) is 3. The van der Waals surface area contributed by atoms with Gasteiger partial charge in [0.05, 0.1) is 22.5 Å². The van der Waals surface area contributed by atoms with E-state index in [1.807, 2.05) is 0 Å². The predicted octanol–water partition coefficient (Wildman–Crippen LogP) is 7.24. The second-order valence-electron chi connectivity index (χ2n) is 7.27. The van der Waals surface area contributed by atoms with Crippen molar-refractivity contribution in [2.75, 3.05) is 10.6 Å². The zero-order valence-corrected chi connectivity index (χ0v) is 19.4. The number of hydrogen-bond acceptors (Lipinski definition) is 4. The van der Waals surface area contributed by atoms with E-state index in [-0.39, 0.29) is 5.69 Å². The van der Waals surface area contributed by atoms with Crippen LogP contribution in [-0.2, 0) is 13.2 Å². The Hall–Kier alpha value is -3.76. The number of anilines is 2. The Bertz CT molecular complexity index is 1370. The molecule has 0 bridgehead atoms. The highest BCUT2D eigenvalue weighted by Crippen LogP contribution is 2.37. The number of hydrogen-bond donors (Lipinski definition) is 2. The van der Waals surface area contributed by atoms with Crippen LogP contribution in [0.3, 0.4) is 0 Å². The van der Waals surface area contributed by atoms with Gasteiger partial charge in [0.25, 0.3) is 0 Å². The van der Waals surface area contributed by atoms with E-state index < -0.39 is 22.8 Å². The van der Waals surface area contributed by atoms with E-state index in [9.17, 15) is 18.0 Å². The van der Waals surface area contributed by atoms with Crippen molar-refractivity contribution in [1.29, 1.82) is 0 Å². The Morgan fingerprint density at radius 3 is 2.37 bits per heavy atom. The molecule has 4 rings (SSSR count). The lowest BCUT2D eigenvalue weighted by molar-refractivity contribution is -0.137. The predicted molar refractivity (Wildman–Crippen MR) is 127 cm³/mol. The van der Waals surface area contributed by atoms with Crippen LogP contribution in [0.15, 0.2) is 67.1 Å². The molecule has 0 saturated heterocycles. The zero-order chi connectivity index (χ0) is 25.2. The van der Waals surface area contributed by atoms with Gasteiger partial charge in [0.2, 0.25) is 0 Å². The van der Waals surface area contributed by atoms with Gasteiger partial charge in [0.15, 0.2) is 0 Å². The van der Waals surface area contributed by atoms with Crippen molar-refractivity contribution in [3.8, 4) is 22.8 Å². The first kappa shape index (κ1) is 24.4. The van der Waals surface area contributed by atoms with Crippen molar-refractivity contribution >= 4 is 40.6 Å². The molecule has 12 heteroatoms. The minimum absolute atomic E-state index is 0.0593. The maximum absolute atomic E-state index is 13.0. The van der Waals surface area contributed by atoms with Crippen LogP contribution in [0.5, 0.6) is 11.5 Å². The summed E-state index contributed by atoms with van der Waals surface area (Å²) < 4.78 is 46.5. The number of rotatable bonds is 5. The number of halogens is 5. The Morgan fingerprint density at radius 2 is 1.71 bits per heavy atom. The second kappa shape index (κ2) is 9.85. The molecule has 0 saturated carbocycles. The molecule has 0 spiro atoms. The molecule has 0 aliphatic carbocycles. The molecule has 35 heavy (non-hydrogen) atoms. The molecule has 2 N–H and O–H groups in total. The van der Waals surface area contributed by atoms with Gasteiger partial charge in [-0.1, -0.05) is 23.2 Å². The molecule has 2 aromatic heterocycles. The molecule has 0 atom stereocenters. The molecule has 180 valence electrons. The maximum Gasteiger partial charge on any atom is 0.417 e. The van der Waals surface area contributed by atoms with E-state index in [2.05, 4.69) is 20.7 Å². The highest BCUT2D eigenvalue weighted by Gasteiger charge is 2.33. The van der Waals surface area contributed by atoms with Crippen molar-refractivity contribution < 1.29 is 22.7 Å². The fraction of sp³-hybridized carbons (Fsp3) is 0.0870. The van der Waals surface area contributed by atoms with Crippen molar-refractivity contribution in [1.82, 2.24) is 14.8 Å². The molecule has 2 amide bonds. The van der Waals surface area contributed by atoms with Gasteiger partial charge in [0.1, 0.15) is 16.5 Å². The topological polar surface area (TPSA) is 81.1 Å².